The number of rotatable bonds is 43. The van der Waals surface area contributed by atoms with E-state index in [2.05, 4.69) is 92.1 Å². The summed E-state index contributed by atoms with van der Waals surface area (Å²) in [7, 11) is 1.23. The van der Waals surface area contributed by atoms with Gasteiger partial charge in [-0.15, -0.1) is 0 Å². The Bertz CT molecular complexity index is 1260. The van der Waals surface area contributed by atoms with Gasteiger partial charge in [-0.05, 0) is 70.6 Å². The zero-order valence-corrected chi connectivity index (χ0v) is 40.7. The lowest BCUT2D eigenvalue weighted by molar-refractivity contribution is -0.870. The van der Waals surface area contributed by atoms with E-state index in [1.54, 1.807) is 6.08 Å². The van der Waals surface area contributed by atoms with Crippen molar-refractivity contribution in [3.63, 3.8) is 0 Å². The Kier molecular flexibility index (Phi) is 41.3. The average Bonchev–Trinajstić information content (AvgIpc) is 3.21. The Balaban J connectivity index is 4.03. The fraction of sp³-hybridized carbons (Fsp3) is 0.712. The van der Waals surface area contributed by atoms with E-state index in [1.807, 2.05) is 27.2 Å². The van der Waals surface area contributed by atoms with E-state index in [1.165, 1.54) is 96.3 Å². The zero-order chi connectivity index (χ0) is 45.0. The summed E-state index contributed by atoms with van der Waals surface area (Å²) in [6.07, 6.45) is 59.6. The minimum atomic E-state index is -4.59. The van der Waals surface area contributed by atoms with Crippen LogP contribution in [0.25, 0.3) is 0 Å². The summed E-state index contributed by atoms with van der Waals surface area (Å²) >= 11 is 0. The van der Waals surface area contributed by atoms with Crippen molar-refractivity contribution in [2.75, 3.05) is 40.9 Å². The standard InChI is InChI=1S/C52H93N2O6P/c1-6-8-10-12-14-16-17-18-19-20-21-22-23-24-25-26-27-28-29-30-31-32-33-34-35-36-37-38-40-42-44-46-52(56)53-50(49-60-61(57,58)59-48-47-54(3,4)5)51(55)45-43-41-39-15-13-11-9-7-2/h8,10,13-16,18-19,21-22,24-25,43,45,50-51,55H,6-7,9,11-12,17,20,23,26-42,44,46-49H2,1-5H3,(H-,53,56,57,58)/b10-8-,15-13+,16-14-,19-18-,22-21-,25-24-,45-43+. The largest absolute Gasteiger partial charge is 0.756 e. The number of carbonyl (C=O) groups excluding carboxylic acids is 1. The molecule has 61 heavy (non-hydrogen) atoms. The number of phosphoric acid groups is 1. The minimum Gasteiger partial charge on any atom is -0.756 e. The number of nitrogens with zero attached hydrogens (tertiary/aromatic N) is 1. The molecule has 0 bridgehead atoms. The molecule has 352 valence electrons. The van der Waals surface area contributed by atoms with Crippen LogP contribution in [0.3, 0.4) is 0 Å². The van der Waals surface area contributed by atoms with Gasteiger partial charge in [-0.1, -0.05) is 195 Å². The van der Waals surface area contributed by atoms with Gasteiger partial charge in [0.1, 0.15) is 13.2 Å². The van der Waals surface area contributed by atoms with Crippen LogP contribution in [0, 0.1) is 0 Å². The SMILES string of the molecule is CC/C=C\C/C=C\C/C=C\C/C=C\C/C=C\CCCCCCCCCCCCCCCCCC(=O)NC(COP(=O)([O-])OCC[N+](C)(C)C)C(O)/C=C/CC/C=C/CCCC. The number of phosphoric ester groups is 1. The lowest BCUT2D eigenvalue weighted by Crippen LogP contribution is -2.45. The maximum Gasteiger partial charge on any atom is 0.268 e. The number of hydrogen-bond acceptors (Lipinski definition) is 6. The first-order valence-electron chi connectivity index (χ1n) is 24.4. The molecule has 0 heterocycles. The molecule has 0 radical (unpaired) electrons. The molecule has 0 aliphatic carbocycles. The summed E-state index contributed by atoms with van der Waals surface area (Å²) in [4.78, 5) is 25.2. The van der Waals surface area contributed by atoms with Crippen molar-refractivity contribution < 1.29 is 32.9 Å². The van der Waals surface area contributed by atoms with Crippen molar-refractivity contribution in [2.45, 2.75) is 199 Å². The van der Waals surface area contributed by atoms with Crippen molar-refractivity contribution in [3.8, 4) is 0 Å². The molecule has 0 fully saturated rings. The molecule has 0 saturated carbocycles. The third kappa shape index (κ3) is 45.5. The molecular formula is C52H93N2O6P. The van der Waals surface area contributed by atoms with E-state index >= 15 is 0 Å². The van der Waals surface area contributed by atoms with Crippen LogP contribution < -0.4 is 10.2 Å². The highest BCUT2D eigenvalue weighted by molar-refractivity contribution is 7.45. The first kappa shape index (κ1) is 58.7. The third-order valence-electron chi connectivity index (χ3n) is 10.3. The monoisotopic (exact) mass is 873 g/mol. The first-order valence-corrected chi connectivity index (χ1v) is 25.9. The Morgan fingerprint density at radius 3 is 1.52 bits per heavy atom. The van der Waals surface area contributed by atoms with E-state index < -0.39 is 26.6 Å². The van der Waals surface area contributed by atoms with E-state index in [-0.39, 0.29) is 12.5 Å². The Labute approximate surface area is 376 Å². The van der Waals surface area contributed by atoms with Crippen molar-refractivity contribution >= 4 is 13.7 Å². The third-order valence-corrected chi connectivity index (χ3v) is 11.3. The predicted molar refractivity (Wildman–Crippen MR) is 260 cm³/mol. The van der Waals surface area contributed by atoms with Crippen LogP contribution >= 0.6 is 7.82 Å². The molecule has 0 rings (SSSR count). The lowest BCUT2D eigenvalue weighted by atomic mass is 10.0. The summed E-state index contributed by atoms with van der Waals surface area (Å²) in [5.41, 5.74) is 0. The van der Waals surface area contributed by atoms with E-state index in [0.29, 0.717) is 17.4 Å². The maximum atomic E-state index is 12.8. The summed E-state index contributed by atoms with van der Waals surface area (Å²) in [6, 6.07) is -0.904. The Hall–Kier alpha value is -2.32. The van der Waals surface area contributed by atoms with Gasteiger partial charge in [0.25, 0.3) is 7.82 Å². The average molecular weight is 873 g/mol. The molecule has 0 spiro atoms. The second-order valence-corrected chi connectivity index (χ2v) is 18.8. The highest BCUT2D eigenvalue weighted by Gasteiger charge is 2.23. The molecule has 0 aromatic carbocycles. The van der Waals surface area contributed by atoms with Crippen molar-refractivity contribution in [1.82, 2.24) is 5.32 Å². The molecule has 2 N–H and O–H groups in total. The van der Waals surface area contributed by atoms with Gasteiger partial charge in [0, 0.05) is 6.42 Å². The molecule has 0 saturated heterocycles. The van der Waals surface area contributed by atoms with Gasteiger partial charge in [-0.2, -0.15) is 0 Å². The topological polar surface area (TPSA) is 108 Å². The zero-order valence-electron chi connectivity index (χ0n) is 39.8. The smallest absolute Gasteiger partial charge is 0.268 e. The number of carbonyl (C=O) groups is 1. The number of quaternary nitrogens is 1. The normalized spacial score (nSPS) is 14.9. The number of amides is 1. The predicted octanol–water partition coefficient (Wildman–Crippen LogP) is 13.5. The van der Waals surface area contributed by atoms with Gasteiger partial charge in [0.05, 0.1) is 39.9 Å². The number of aliphatic hydroxyl groups excluding tert-OH is 1. The summed E-state index contributed by atoms with van der Waals surface area (Å²) < 4.78 is 23.1. The number of nitrogens with one attached hydrogen (secondary N) is 1. The number of aliphatic hydroxyl groups is 1. The summed E-state index contributed by atoms with van der Waals surface area (Å²) in [6.45, 7) is 4.42. The molecule has 1 amide bonds. The molecule has 3 unspecified atom stereocenters. The first-order chi connectivity index (χ1) is 29.5. The van der Waals surface area contributed by atoms with Gasteiger partial charge in [0.2, 0.25) is 5.91 Å². The van der Waals surface area contributed by atoms with Gasteiger partial charge in [-0.25, -0.2) is 0 Å². The summed E-state index contributed by atoms with van der Waals surface area (Å²) in [5, 5.41) is 13.7. The fourth-order valence-corrected chi connectivity index (χ4v) is 7.20. The quantitative estimate of drug-likeness (QED) is 0.0273. The molecule has 8 nitrogen and oxygen atoms in total. The Morgan fingerprint density at radius 1 is 0.590 bits per heavy atom. The molecule has 0 aromatic heterocycles. The van der Waals surface area contributed by atoms with Crippen LogP contribution in [0.5, 0.6) is 0 Å². The number of allylic oxidation sites excluding steroid dienone is 13. The van der Waals surface area contributed by atoms with Crippen LogP contribution in [0.1, 0.15) is 187 Å². The van der Waals surface area contributed by atoms with Gasteiger partial charge in [-0.3, -0.25) is 9.36 Å². The molecule has 0 aliphatic heterocycles. The minimum absolute atomic E-state index is 0.00972. The van der Waals surface area contributed by atoms with E-state index in [9.17, 15) is 19.4 Å². The van der Waals surface area contributed by atoms with Gasteiger partial charge in [0.15, 0.2) is 0 Å². The summed E-state index contributed by atoms with van der Waals surface area (Å²) in [5.74, 6) is -0.215. The van der Waals surface area contributed by atoms with E-state index in [0.717, 1.165) is 70.6 Å². The van der Waals surface area contributed by atoms with Gasteiger partial charge < -0.3 is 28.8 Å². The van der Waals surface area contributed by atoms with Crippen LogP contribution in [-0.4, -0.2) is 68.5 Å². The molecule has 9 heteroatoms. The maximum absolute atomic E-state index is 12.8. The highest BCUT2D eigenvalue weighted by atomic mass is 31.2. The molecular weight excluding hydrogens is 780 g/mol. The number of likely N-dealkylation sites (N-methyl/N-ethyl adjacent to an activating group) is 1. The lowest BCUT2D eigenvalue weighted by Gasteiger charge is -2.29. The second-order valence-electron chi connectivity index (χ2n) is 17.4. The Morgan fingerprint density at radius 2 is 1.02 bits per heavy atom. The van der Waals surface area contributed by atoms with Crippen LogP contribution in [-0.2, 0) is 18.4 Å². The highest BCUT2D eigenvalue weighted by Crippen LogP contribution is 2.38. The van der Waals surface area contributed by atoms with Crippen molar-refractivity contribution in [1.29, 1.82) is 0 Å². The van der Waals surface area contributed by atoms with Crippen LogP contribution in [0.2, 0.25) is 0 Å². The second kappa shape index (κ2) is 43.0. The van der Waals surface area contributed by atoms with Crippen LogP contribution in [0.4, 0.5) is 0 Å². The van der Waals surface area contributed by atoms with Crippen LogP contribution in [0.15, 0.2) is 85.1 Å². The van der Waals surface area contributed by atoms with Crippen molar-refractivity contribution in [3.05, 3.63) is 85.1 Å². The van der Waals surface area contributed by atoms with Gasteiger partial charge >= 0.3 is 0 Å². The number of unbranched alkanes of at least 4 members (excludes halogenated alkanes) is 18. The molecule has 0 aliphatic rings. The van der Waals surface area contributed by atoms with Crippen molar-refractivity contribution in [2.24, 2.45) is 0 Å². The fourth-order valence-electron chi connectivity index (χ4n) is 6.47. The molecule has 0 aromatic rings. The number of hydrogen-bond donors (Lipinski definition) is 2. The van der Waals surface area contributed by atoms with E-state index in [4.69, 9.17) is 9.05 Å². The molecule has 3 atom stereocenters.